The van der Waals surface area contributed by atoms with Gasteiger partial charge in [0.15, 0.2) is 0 Å². The van der Waals surface area contributed by atoms with Gasteiger partial charge in [0.25, 0.3) is 5.91 Å². The first-order valence-electron chi connectivity index (χ1n) is 7.81. The summed E-state index contributed by atoms with van der Waals surface area (Å²) in [7, 11) is 2.09. The maximum absolute atomic E-state index is 12.6. The smallest absolute Gasteiger partial charge is 0.254 e. The van der Waals surface area contributed by atoms with Gasteiger partial charge in [0.05, 0.1) is 6.20 Å². The summed E-state index contributed by atoms with van der Waals surface area (Å²) in [5.74, 6) is 1.46. The Morgan fingerprint density at radius 1 is 1.17 bits per heavy atom. The van der Waals surface area contributed by atoms with E-state index in [0.29, 0.717) is 17.1 Å². The Bertz CT molecular complexity index is 658. The van der Waals surface area contributed by atoms with Crippen LogP contribution in [0.5, 0.6) is 11.5 Å². The van der Waals surface area contributed by atoms with Gasteiger partial charge in [-0.2, -0.15) is 0 Å². The molecule has 0 N–H and O–H groups in total. The molecule has 3 rings (SSSR count). The Labute approximate surface area is 136 Å². The molecule has 2 aromatic rings. The third-order valence-electron chi connectivity index (χ3n) is 4.06. The van der Waals surface area contributed by atoms with E-state index in [1.165, 1.54) is 0 Å². The Hall–Kier alpha value is -2.40. The number of pyridine rings is 1. The molecule has 0 radical (unpaired) electrons. The monoisotopic (exact) mass is 311 g/mol. The van der Waals surface area contributed by atoms with E-state index in [9.17, 15) is 4.79 Å². The van der Waals surface area contributed by atoms with E-state index in [0.717, 1.165) is 19.6 Å². The fourth-order valence-corrected chi connectivity index (χ4v) is 2.82. The number of aromatic nitrogens is 1. The molecular weight excluding hydrogens is 290 g/mol. The van der Waals surface area contributed by atoms with Crippen molar-refractivity contribution in [1.82, 2.24) is 14.8 Å². The van der Waals surface area contributed by atoms with Crippen molar-refractivity contribution < 1.29 is 9.53 Å². The largest absolute Gasteiger partial charge is 0.456 e. The second-order valence-corrected chi connectivity index (χ2v) is 5.92. The standard InChI is InChI=1S/C18H21N3O2/c1-14-13-20(2)10-11-21(14)18(22)15-5-7-16(8-6-15)23-17-4-3-9-19-12-17/h3-9,12,14H,10-11,13H2,1-2H3/t14-/m1/s1. The summed E-state index contributed by atoms with van der Waals surface area (Å²) < 4.78 is 5.70. The average Bonchev–Trinajstić information content (AvgIpc) is 2.56. The SMILES string of the molecule is C[C@@H]1CN(C)CCN1C(=O)c1ccc(Oc2cccnc2)cc1. The Balaban J connectivity index is 1.68. The Morgan fingerprint density at radius 3 is 2.61 bits per heavy atom. The van der Waals surface area contributed by atoms with Gasteiger partial charge in [-0.3, -0.25) is 9.78 Å². The minimum atomic E-state index is 0.0820. The number of benzene rings is 1. The summed E-state index contributed by atoms with van der Waals surface area (Å²) in [6.45, 7) is 4.68. The lowest BCUT2D eigenvalue weighted by Crippen LogP contribution is -2.52. The van der Waals surface area contributed by atoms with Gasteiger partial charge in [0, 0.05) is 37.4 Å². The fourth-order valence-electron chi connectivity index (χ4n) is 2.82. The zero-order valence-electron chi connectivity index (χ0n) is 13.5. The van der Waals surface area contributed by atoms with Crippen molar-refractivity contribution in [1.29, 1.82) is 0 Å². The van der Waals surface area contributed by atoms with Crippen LogP contribution < -0.4 is 4.74 Å². The minimum absolute atomic E-state index is 0.0820. The average molecular weight is 311 g/mol. The molecule has 1 aromatic heterocycles. The van der Waals surface area contributed by atoms with Crippen LogP contribution in [-0.2, 0) is 0 Å². The Morgan fingerprint density at radius 2 is 1.96 bits per heavy atom. The molecule has 120 valence electrons. The number of piperazine rings is 1. The van der Waals surface area contributed by atoms with Crippen LogP contribution in [0.3, 0.4) is 0 Å². The molecule has 1 aliphatic heterocycles. The predicted octanol–water partition coefficient (Wildman–Crippen LogP) is 2.65. The normalized spacial score (nSPS) is 18.7. The highest BCUT2D eigenvalue weighted by Crippen LogP contribution is 2.21. The van der Waals surface area contributed by atoms with Gasteiger partial charge in [-0.1, -0.05) is 0 Å². The number of likely N-dealkylation sites (N-methyl/N-ethyl adjacent to an activating group) is 1. The molecule has 0 spiro atoms. The number of ether oxygens (including phenoxy) is 1. The summed E-state index contributed by atoms with van der Waals surface area (Å²) in [6, 6.07) is 11.2. The number of rotatable bonds is 3. The van der Waals surface area contributed by atoms with Crippen LogP contribution in [0, 0.1) is 0 Å². The van der Waals surface area contributed by atoms with Gasteiger partial charge in [0.2, 0.25) is 0 Å². The van der Waals surface area contributed by atoms with Crippen molar-refractivity contribution in [3.05, 3.63) is 54.4 Å². The van der Waals surface area contributed by atoms with Gasteiger partial charge in [-0.25, -0.2) is 0 Å². The molecule has 0 bridgehead atoms. The predicted molar refractivity (Wildman–Crippen MR) is 88.7 cm³/mol. The number of carbonyl (C=O) groups is 1. The minimum Gasteiger partial charge on any atom is -0.456 e. The van der Waals surface area contributed by atoms with Crippen molar-refractivity contribution in [3.8, 4) is 11.5 Å². The molecule has 1 saturated heterocycles. The summed E-state index contributed by atoms with van der Waals surface area (Å²) in [5, 5.41) is 0. The number of nitrogens with zero attached hydrogens (tertiary/aromatic N) is 3. The molecule has 23 heavy (non-hydrogen) atoms. The van der Waals surface area contributed by atoms with Crippen LogP contribution >= 0.6 is 0 Å². The van der Waals surface area contributed by atoms with Gasteiger partial charge < -0.3 is 14.5 Å². The van der Waals surface area contributed by atoms with Crippen molar-refractivity contribution in [2.45, 2.75) is 13.0 Å². The lowest BCUT2D eigenvalue weighted by molar-refractivity contribution is 0.0533. The maximum Gasteiger partial charge on any atom is 0.254 e. The second-order valence-electron chi connectivity index (χ2n) is 5.92. The molecule has 2 heterocycles. The third-order valence-corrected chi connectivity index (χ3v) is 4.06. The Kier molecular flexibility index (Phi) is 4.57. The highest BCUT2D eigenvalue weighted by atomic mass is 16.5. The molecule has 0 unspecified atom stereocenters. The van der Waals surface area contributed by atoms with E-state index >= 15 is 0 Å². The highest BCUT2D eigenvalue weighted by Gasteiger charge is 2.26. The number of hydrogen-bond acceptors (Lipinski definition) is 4. The molecule has 1 amide bonds. The second kappa shape index (κ2) is 6.79. The van der Waals surface area contributed by atoms with Crippen molar-refractivity contribution in [3.63, 3.8) is 0 Å². The van der Waals surface area contributed by atoms with Crippen LogP contribution in [0.15, 0.2) is 48.8 Å². The van der Waals surface area contributed by atoms with E-state index in [-0.39, 0.29) is 11.9 Å². The summed E-state index contributed by atoms with van der Waals surface area (Å²) in [4.78, 5) is 20.8. The van der Waals surface area contributed by atoms with Crippen molar-refractivity contribution in [2.75, 3.05) is 26.7 Å². The van der Waals surface area contributed by atoms with Crippen LogP contribution in [0.2, 0.25) is 0 Å². The molecule has 0 aliphatic carbocycles. The number of amides is 1. The van der Waals surface area contributed by atoms with E-state index in [4.69, 9.17) is 4.74 Å². The summed E-state index contributed by atoms with van der Waals surface area (Å²) in [5.41, 5.74) is 0.694. The van der Waals surface area contributed by atoms with E-state index in [1.54, 1.807) is 12.4 Å². The zero-order valence-corrected chi connectivity index (χ0v) is 13.5. The summed E-state index contributed by atoms with van der Waals surface area (Å²) >= 11 is 0. The van der Waals surface area contributed by atoms with Crippen LogP contribution in [-0.4, -0.2) is 53.4 Å². The van der Waals surface area contributed by atoms with Crippen LogP contribution in [0.4, 0.5) is 0 Å². The molecule has 1 aromatic carbocycles. The number of carbonyl (C=O) groups excluding carboxylic acids is 1. The lowest BCUT2D eigenvalue weighted by atomic mass is 10.1. The summed E-state index contributed by atoms with van der Waals surface area (Å²) in [6.07, 6.45) is 3.36. The molecule has 5 nitrogen and oxygen atoms in total. The first-order valence-corrected chi connectivity index (χ1v) is 7.81. The van der Waals surface area contributed by atoms with E-state index in [1.807, 2.05) is 41.3 Å². The van der Waals surface area contributed by atoms with Crippen LogP contribution in [0.25, 0.3) is 0 Å². The molecule has 1 atom stereocenters. The molecular formula is C18H21N3O2. The van der Waals surface area contributed by atoms with Crippen molar-refractivity contribution in [2.24, 2.45) is 0 Å². The fraction of sp³-hybridized carbons (Fsp3) is 0.333. The maximum atomic E-state index is 12.6. The zero-order chi connectivity index (χ0) is 16.2. The van der Waals surface area contributed by atoms with Crippen molar-refractivity contribution >= 4 is 5.91 Å². The highest BCUT2D eigenvalue weighted by molar-refractivity contribution is 5.94. The molecule has 5 heteroatoms. The van der Waals surface area contributed by atoms with Crippen LogP contribution in [0.1, 0.15) is 17.3 Å². The molecule has 1 aliphatic rings. The van der Waals surface area contributed by atoms with Gasteiger partial charge in [-0.05, 0) is 50.4 Å². The van der Waals surface area contributed by atoms with Gasteiger partial charge in [0.1, 0.15) is 11.5 Å². The lowest BCUT2D eigenvalue weighted by Gasteiger charge is -2.38. The number of hydrogen-bond donors (Lipinski definition) is 0. The first-order chi connectivity index (χ1) is 11.1. The van der Waals surface area contributed by atoms with E-state index < -0.39 is 0 Å². The topological polar surface area (TPSA) is 45.7 Å². The quantitative estimate of drug-likeness (QED) is 0.874. The first kappa shape index (κ1) is 15.5. The van der Waals surface area contributed by atoms with Gasteiger partial charge in [-0.15, -0.1) is 0 Å². The third kappa shape index (κ3) is 3.68. The molecule has 1 fully saturated rings. The molecule has 0 saturated carbocycles. The van der Waals surface area contributed by atoms with Gasteiger partial charge >= 0.3 is 0 Å². The van der Waals surface area contributed by atoms with E-state index in [2.05, 4.69) is 23.9 Å².